The summed E-state index contributed by atoms with van der Waals surface area (Å²) in [5.41, 5.74) is 2.40. The first-order valence-electron chi connectivity index (χ1n) is 7.67. The van der Waals surface area contributed by atoms with Crippen molar-refractivity contribution in [3.63, 3.8) is 0 Å². The molecule has 2 N–H and O–H groups in total. The Kier molecular flexibility index (Phi) is 6.08. The highest BCUT2D eigenvalue weighted by Crippen LogP contribution is 2.11. The van der Waals surface area contributed by atoms with Gasteiger partial charge in [-0.2, -0.15) is 0 Å². The number of allylic oxidation sites excluding steroid dienone is 3. The van der Waals surface area contributed by atoms with Gasteiger partial charge in [-0.1, -0.05) is 42.5 Å². The van der Waals surface area contributed by atoms with Crippen molar-refractivity contribution in [3.8, 4) is 0 Å². The van der Waals surface area contributed by atoms with E-state index in [4.69, 9.17) is 0 Å². The Morgan fingerprint density at radius 1 is 1.00 bits per heavy atom. The van der Waals surface area contributed by atoms with E-state index in [2.05, 4.69) is 10.6 Å². The fourth-order valence-corrected chi connectivity index (χ4v) is 2.07. The van der Waals surface area contributed by atoms with Crippen molar-refractivity contribution in [3.05, 3.63) is 89.6 Å². The molecule has 0 unspecified atom stereocenters. The van der Waals surface area contributed by atoms with Crippen molar-refractivity contribution in [2.24, 2.45) is 0 Å². The number of carbonyl (C=O) groups excluding carboxylic acids is 2. The minimum atomic E-state index is -0.372. The Hall–Kier alpha value is -3.14. The third-order valence-electron chi connectivity index (χ3n) is 3.26. The molecule has 2 rings (SSSR count). The van der Waals surface area contributed by atoms with Crippen LogP contribution in [0, 0.1) is 6.92 Å². The maximum Gasteiger partial charge on any atom is 0.272 e. The molecule has 4 nitrogen and oxygen atoms in total. The summed E-state index contributed by atoms with van der Waals surface area (Å²) in [5.74, 6) is -0.700. The van der Waals surface area contributed by atoms with Crippen molar-refractivity contribution in [2.45, 2.75) is 13.8 Å². The van der Waals surface area contributed by atoms with Gasteiger partial charge in [0.15, 0.2) is 0 Å². The zero-order valence-electron chi connectivity index (χ0n) is 13.7. The smallest absolute Gasteiger partial charge is 0.272 e. The van der Waals surface area contributed by atoms with Crippen molar-refractivity contribution in [1.82, 2.24) is 5.32 Å². The molecule has 0 aliphatic rings. The summed E-state index contributed by atoms with van der Waals surface area (Å²) < 4.78 is 0. The van der Waals surface area contributed by atoms with Gasteiger partial charge in [0.1, 0.15) is 5.70 Å². The van der Waals surface area contributed by atoms with Gasteiger partial charge in [0.25, 0.3) is 11.8 Å². The second kappa shape index (κ2) is 8.48. The Morgan fingerprint density at radius 3 is 2.42 bits per heavy atom. The van der Waals surface area contributed by atoms with Crippen molar-refractivity contribution in [1.29, 1.82) is 0 Å². The van der Waals surface area contributed by atoms with Gasteiger partial charge in [-0.05, 0) is 49.8 Å². The quantitative estimate of drug-likeness (QED) is 0.650. The Balaban J connectivity index is 2.16. The summed E-state index contributed by atoms with van der Waals surface area (Å²) >= 11 is 0. The number of hydrogen-bond donors (Lipinski definition) is 2. The molecule has 0 atom stereocenters. The van der Waals surface area contributed by atoms with Crippen LogP contribution in [0.4, 0.5) is 5.69 Å². The van der Waals surface area contributed by atoms with Gasteiger partial charge >= 0.3 is 0 Å². The predicted octanol–water partition coefficient (Wildman–Crippen LogP) is 3.82. The number of aryl methyl sites for hydroxylation is 1. The summed E-state index contributed by atoms with van der Waals surface area (Å²) in [7, 11) is 0. The predicted molar refractivity (Wildman–Crippen MR) is 96.6 cm³/mol. The highest BCUT2D eigenvalue weighted by atomic mass is 16.2. The fraction of sp³-hybridized carbons (Fsp3) is 0.100. The zero-order valence-corrected chi connectivity index (χ0v) is 13.7. The maximum absolute atomic E-state index is 12.5. The first-order valence-corrected chi connectivity index (χ1v) is 7.67. The molecule has 0 heterocycles. The summed E-state index contributed by atoms with van der Waals surface area (Å²) in [6, 6.07) is 16.3. The monoisotopic (exact) mass is 320 g/mol. The lowest BCUT2D eigenvalue weighted by Crippen LogP contribution is -2.30. The molecule has 0 bridgehead atoms. The van der Waals surface area contributed by atoms with Crippen LogP contribution in [0.5, 0.6) is 0 Å². The molecule has 2 aromatic carbocycles. The summed E-state index contributed by atoms with van der Waals surface area (Å²) in [5, 5.41) is 5.45. The third kappa shape index (κ3) is 4.95. The van der Waals surface area contributed by atoms with Gasteiger partial charge in [0.2, 0.25) is 0 Å². The van der Waals surface area contributed by atoms with Gasteiger partial charge in [-0.15, -0.1) is 0 Å². The summed E-state index contributed by atoms with van der Waals surface area (Å²) in [4.78, 5) is 24.7. The van der Waals surface area contributed by atoms with Crippen LogP contribution < -0.4 is 10.6 Å². The van der Waals surface area contributed by atoms with E-state index < -0.39 is 0 Å². The van der Waals surface area contributed by atoms with Crippen LogP contribution in [0.3, 0.4) is 0 Å². The SMILES string of the molecule is CC=CC=C(NC(=O)c1ccccc1)C(=O)Nc1cccc(C)c1. The molecule has 0 saturated carbocycles. The van der Waals surface area contributed by atoms with Gasteiger partial charge in [0.05, 0.1) is 0 Å². The van der Waals surface area contributed by atoms with E-state index >= 15 is 0 Å². The van der Waals surface area contributed by atoms with E-state index in [9.17, 15) is 9.59 Å². The van der Waals surface area contributed by atoms with Gasteiger partial charge < -0.3 is 10.6 Å². The van der Waals surface area contributed by atoms with Crippen LogP contribution in [-0.4, -0.2) is 11.8 Å². The van der Waals surface area contributed by atoms with E-state index in [0.717, 1.165) is 5.56 Å². The molecule has 2 aromatic rings. The average Bonchev–Trinajstić information content (AvgIpc) is 2.59. The molecule has 0 spiro atoms. The van der Waals surface area contributed by atoms with Crippen LogP contribution >= 0.6 is 0 Å². The minimum Gasteiger partial charge on any atom is -0.321 e. The highest BCUT2D eigenvalue weighted by molar-refractivity contribution is 6.08. The average molecular weight is 320 g/mol. The number of benzene rings is 2. The molecular formula is C20H20N2O2. The normalized spacial score (nSPS) is 11.3. The molecule has 0 fully saturated rings. The van der Waals surface area contributed by atoms with E-state index in [0.29, 0.717) is 11.3 Å². The lowest BCUT2D eigenvalue weighted by atomic mass is 10.2. The molecule has 0 aliphatic carbocycles. The number of anilines is 1. The maximum atomic E-state index is 12.5. The molecule has 122 valence electrons. The summed E-state index contributed by atoms with van der Waals surface area (Å²) in [6.45, 7) is 3.79. The lowest BCUT2D eigenvalue weighted by Gasteiger charge is -2.11. The largest absolute Gasteiger partial charge is 0.321 e. The van der Waals surface area contributed by atoms with E-state index in [1.54, 1.807) is 48.6 Å². The number of rotatable bonds is 5. The zero-order chi connectivity index (χ0) is 17.4. The van der Waals surface area contributed by atoms with E-state index in [-0.39, 0.29) is 17.5 Å². The van der Waals surface area contributed by atoms with Gasteiger partial charge in [0, 0.05) is 11.3 Å². The van der Waals surface area contributed by atoms with Crippen LogP contribution in [0.15, 0.2) is 78.5 Å². The molecule has 2 amide bonds. The van der Waals surface area contributed by atoms with Crippen molar-refractivity contribution in [2.75, 3.05) is 5.32 Å². The van der Waals surface area contributed by atoms with Crippen LogP contribution in [0.2, 0.25) is 0 Å². The number of carbonyl (C=O) groups is 2. The summed E-state index contributed by atoms with van der Waals surface area (Å²) in [6.07, 6.45) is 5.07. The molecular weight excluding hydrogens is 300 g/mol. The standard InChI is InChI=1S/C20H20N2O2/c1-3-4-13-18(22-19(23)16-10-6-5-7-11-16)20(24)21-17-12-8-9-15(2)14-17/h3-14H,1-2H3,(H,21,24)(H,22,23). The van der Waals surface area contributed by atoms with E-state index in [1.807, 2.05) is 38.1 Å². The van der Waals surface area contributed by atoms with Crippen LogP contribution in [0.1, 0.15) is 22.8 Å². The number of amides is 2. The van der Waals surface area contributed by atoms with Crippen LogP contribution in [-0.2, 0) is 4.79 Å². The second-order valence-electron chi connectivity index (χ2n) is 5.25. The Labute approximate surface area is 141 Å². The van der Waals surface area contributed by atoms with Crippen LogP contribution in [0.25, 0.3) is 0 Å². The first-order chi connectivity index (χ1) is 11.6. The van der Waals surface area contributed by atoms with Gasteiger partial charge in [-0.25, -0.2) is 0 Å². The molecule has 0 aromatic heterocycles. The first kappa shape index (κ1) is 17.2. The Bertz CT molecular complexity index is 777. The molecule has 0 radical (unpaired) electrons. The Morgan fingerprint density at radius 2 is 1.75 bits per heavy atom. The fourth-order valence-electron chi connectivity index (χ4n) is 2.07. The number of hydrogen-bond acceptors (Lipinski definition) is 2. The topological polar surface area (TPSA) is 58.2 Å². The minimum absolute atomic E-state index is 0.184. The van der Waals surface area contributed by atoms with Crippen molar-refractivity contribution >= 4 is 17.5 Å². The third-order valence-corrected chi connectivity index (χ3v) is 3.26. The molecule has 0 aliphatic heterocycles. The molecule has 24 heavy (non-hydrogen) atoms. The molecule has 4 heteroatoms. The molecule has 0 saturated heterocycles. The van der Waals surface area contributed by atoms with Crippen molar-refractivity contribution < 1.29 is 9.59 Å². The second-order valence-corrected chi connectivity index (χ2v) is 5.25. The highest BCUT2D eigenvalue weighted by Gasteiger charge is 2.14. The lowest BCUT2D eigenvalue weighted by molar-refractivity contribution is -0.113. The number of nitrogens with one attached hydrogen (secondary N) is 2. The van der Waals surface area contributed by atoms with Gasteiger partial charge in [-0.3, -0.25) is 9.59 Å². The van der Waals surface area contributed by atoms with E-state index in [1.165, 1.54) is 0 Å².